The fourth-order valence-corrected chi connectivity index (χ4v) is 1.41. The summed E-state index contributed by atoms with van der Waals surface area (Å²) in [6, 6.07) is 9.47. The van der Waals surface area contributed by atoms with E-state index in [1.165, 1.54) is 6.20 Å². The molecule has 0 saturated heterocycles. The third-order valence-corrected chi connectivity index (χ3v) is 2.27. The zero-order chi connectivity index (χ0) is 12.8. The summed E-state index contributed by atoms with van der Waals surface area (Å²) in [6.07, 6.45) is 1.41. The number of halogens is 1. The smallest absolute Gasteiger partial charge is 0.241 e. The minimum Gasteiger partial charge on any atom is -0.490 e. The number of aromatic nitrogens is 2. The lowest BCUT2D eigenvalue weighted by Gasteiger charge is -2.08. The number of hydrogen-bond donors (Lipinski definition) is 1. The number of ether oxygens (including phenoxy) is 2. The Labute approximate surface area is 110 Å². The molecule has 2 rings (SSSR count). The largest absolute Gasteiger partial charge is 0.490 e. The van der Waals surface area contributed by atoms with Crippen molar-refractivity contribution >= 4 is 17.3 Å². The summed E-state index contributed by atoms with van der Waals surface area (Å²) < 4.78 is 10.8. The molecule has 1 aromatic carbocycles. The number of nitrogens with two attached hydrogens (primary N) is 1. The van der Waals surface area contributed by atoms with E-state index < -0.39 is 0 Å². The summed E-state index contributed by atoms with van der Waals surface area (Å²) >= 11 is 5.64. The van der Waals surface area contributed by atoms with Crippen LogP contribution in [0, 0.1) is 0 Å². The summed E-state index contributed by atoms with van der Waals surface area (Å²) in [6.45, 7) is 0.720. The average molecular weight is 266 g/mol. The fraction of sp³-hybridized carbons (Fsp3) is 0.167. The molecule has 0 aliphatic heterocycles. The highest BCUT2D eigenvalue weighted by molar-refractivity contribution is 6.28. The van der Waals surface area contributed by atoms with Crippen molar-refractivity contribution in [3.63, 3.8) is 0 Å². The number of benzene rings is 1. The van der Waals surface area contributed by atoms with Crippen molar-refractivity contribution < 1.29 is 9.47 Å². The number of nitrogens with zero attached hydrogens (tertiary/aromatic N) is 2. The highest BCUT2D eigenvalue weighted by atomic mass is 35.5. The lowest BCUT2D eigenvalue weighted by Crippen LogP contribution is -2.11. The van der Waals surface area contributed by atoms with Crippen LogP contribution in [0.25, 0.3) is 0 Å². The molecule has 0 atom stereocenters. The normalized spacial score (nSPS) is 10.1. The Kier molecular flexibility index (Phi) is 4.20. The van der Waals surface area contributed by atoms with Gasteiger partial charge in [0.05, 0.1) is 6.20 Å². The van der Waals surface area contributed by atoms with Gasteiger partial charge in [0.25, 0.3) is 0 Å². The molecule has 2 N–H and O–H groups in total. The molecule has 0 spiro atoms. The molecule has 5 nitrogen and oxygen atoms in total. The predicted octanol–water partition coefficient (Wildman–Crippen LogP) is 2.17. The Hall–Kier alpha value is -2.01. The lowest BCUT2D eigenvalue weighted by atomic mass is 10.3. The van der Waals surface area contributed by atoms with Gasteiger partial charge in [0, 0.05) is 0 Å². The SMILES string of the molecule is Nc1cnc(Cl)nc1OCCOc1ccccc1. The Morgan fingerprint density at radius 1 is 1.11 bits per heavy atom. The molecule has 18 heavy (non-hydrogen) atoms. The quantitative estimate of drug-likeness (QED) is 0.663. The van der Waals surface area contributed by atoms with Crippen LogP contribution < -0.4 is 15.2 Å². The molecule has 6 heteroatoms. The van der Waals surface area contributed by atoms with E-state index in [1.807, 2.05) is 30.3 Å². The Balaban J connectivity index is 1.80. The molecule has 0 bridgehead atoms. The summed E-state index contributed by atoms with van der Waals surface area (Å²) in [5, 5.41) is 0.100. The zero-order valence-electron chi connectivity index (χ0n) is 9.54. The number of rotatable bonds is 5. The Morgan fingerprint density at radius 3 is 2.61 bits per heavy atom. The number of para-hydroxylation sites is 1. The van der Waals surface area contributed by atoms with Crippen LogP contribution in [0.5, 0.6) is 11.6 Å². The van der Waals surface area contributed by atoms with E-state index in [0.717, 1.165) is 5.75 Å². The first kappa shape index (κ1) is 12.4. The third kappa shape index (κ3) is 3.49. The van der Waals surface area contributed by atoms with Gasteiger partial charge < -0.3 is 15.2 Å². The van der Waals surface area contributed by atoms with E-state index in [9.17, 15) is 0 Å². The second-order valence-corrected chi connectivity index (χ2v) is 3.75. The lowest BCUT2D eigenvalue weighted by molar-refractivity contribution is 0.212. The van der Waals surface area contributed by atoms with Crippen molar-refractivity contribution in [1.82, 2.24) is 9.97 Å². The second-order valence-electron chi connectivity index (χ2n) is 3.41. The predicted molar refractivity (Wildman–Crippen MR) is 68.9 cm³/mol. The van der Waals surface area contributed by atoms with E-state index in [4.69, 9.17) is 26.8 Å². The van der Waals surface area contributed by atoms with Crippen molar-refractivity contribution in [3.8, 4) is 11.6 Å². The van der Waals surface area contributed by atoms with E-state index in [1.54, 1.807) is 0 Å². The van der Waals surface area contributed by atoms with Crippen LogP contribution in [0.3, 0.4) is 0 Å². The Morgan fingerprint density at radius 2 is 1.83 bits per heavy atom. The monoisotopic (exact) mass is 265 g/mol. The molecule has 1 aromatic heterocycles. The van der Waals surface area contributed by atoms with E-state index >= 15 is 0 Å². The van der Waals surface area contributed by atoms with Crippen LogP contribution in [-0.4, -0.2) is 23.2 Å². The van der Waals surface area contributed by atoms with Crippen molar-refractivity contribution in [2.45, 2.75) is 0 Å². The van der Waals surface area contributed by atoms with E-state index in [2.05, 4.69) is 9.97 Å². The van der Waals surface area contributed by atoms with Gasteiger partial charge in [0.1, 0.15) is 24.7 Å². The van der Waals surface area contributed by atoms with Crippen LogP contribution in [0.2, 0.25) is 5.28 Å². The van der Waals surface area contributed by atoms with Crippen molar-refractivity contribution in [1.29, 1.82) is 0 Å². The van der Waals surface area contributed by atoms with Gasteiger partial charge in [-0.3, -0.25) is 0 Å². The van der Waals surface area contributed by atoms with Crippen LogP contribution in [-0.2, 0) is 0 Å². The van der Waals surface area contributed by atoms with Gasteiger partial charge in [0.2, 0.25) is 11.2 Å². The number of anilines is 1. The number of hydrogen-bond acceptors (Lipinski definition) is 5. The molecule has 0 unspecified atom stereocenters. The topological polar surface area (TPSA) is 70.3 Å². The first-order chi connectivity index (χ1) is 8.75. The minimum absolute atomic E-state index is 0.100. The van der Waals surface area contributed by atoms with Gasteiger partial charge in [-0.2, -0.15) is 4.98 Å². The van der Waals surface area contributed by atoms with Gasteiger partial charge in [-0.25, -0.2) is 4.98 Å². The molecular weight excluding hydrogens is 254 g/mol. The molecule has 0 aliphatic carbocycles. The standard InChI is InChI=1S/C12H12ClN3O2/c13-12-15-8-10(14)11(16-12)18-7-6-17-9-4-2-1-3-5-9/h1-5,8H,6-7,14H2. The van der Waals surface area contributed by atoms with Crippen molar-refractivity contribution in [2.24, 2.45) is 0 Å². The average Bonchev–Trinajstić information content (AvgIpc) is 2.40. The first-order valence-electron chi connectivity index (χ1n) is 5.34. The third-order valence-electron chi connectivity index (χ3n) is 2.08. The molecule has 1 heterocycles. The summed E-state index contributed by atoms with van der Waals surface area (Å²) in [5.74, 6) is 1.06. The van der Waals surface area contributed by atoms with Gasteiger partial charge in [-0.1, -0.05) is 18.2 Å². The highest BCUT2D eigenvalue weighted by Crippen LogP contribution is 2.18. The molecule has 0 radical (unpaired) electrons. The zero-order valence-corrected chi connectivity index (χ0v) is 10.3. The second kappa shape index (κ2) is 6.07. The highest BCUT2D eigenvalue weighted by Gasteiger charge is 2.04. The van der Waals surface area contributed by atoms with Crippen molar-refractivity contribution in [2.75, 3.05) is 18.9 Å². The summed E-state index contributed by atoms with van der Waals surface area (Å²) in [5.41, 5.74) is 5.98. The maximum Gasteiger partial charge on any atom is 0.241 e. The number of nitrogen functional groups attached to an aromatic ring is 1. The molecule has 0 amide bonds. The van der Waals surface area contributed by atoms with Crippen LogP contribution in [0.15, 0.2) is 36.5 Å². The van der Waals surface area contributed by atoms with Crippen LogP contribution in [0.1, 0.15) is 0 Å². The first-order valence-corrected chi connectivity index (χ1v) is 5.72. The molecule has 0 fully saturated rings. The Bertz CT molecular complexity index is 508. The fourth-order valence-electron chi connectivity index (χ4n) is 1.29. The van der Waals surface area contributed by atoms with Gasteiger partial charge in [-0.05, 0) is 23.7 Å². The summed E-state index contributed by atoms with van der Waals surface area (Å²) in [4.78, 5) is 7.60. The van der Waals surface area contributed by atoms with Crippen LogP contribution >= 0.6 is 11.6 Å². The van der Waals surface area contributed by atoms with Crippen molar-refractivity contribution in [3.05, 3.63) is 41.8 Å². The summed E-state index contributed by atoms with van der Waals surface area (Å²) in [7, 11) is 0. The molecule has 0 saturated carbocycles. The van der Waals surface area contributed by atoms with Gasteiger partial charge in [0.15, 0.2) is 0 Å². The molecular formula is C12H12ClN3O2. The maximum absolute atomic E-state index is 5.64. The van der Waals surface area contributed by atoms with Crippen LogP contribution in [0.4, 0.5) is 5.69 Å². The molecule has 2 aromatic rings. The van der Waals surface area contributed by atoms with Gasteiger partial charge in [-0.15, -0.1) is 0 Å². The minimum atomic E-state index is 0.100. The molecule has 0 aliphatic rings. The van der Waals surface area contributed by atoms with E-state index in [0.29, 0.717) is 18.9 Å². The van der Waals surface area contributed by atoms with E-state index in [-0.39, 0.29) is 11.2 Å². The maximum atomic E-state index is 5.64. The molecule has 94 valence electrons. The van der Waals surface area contributed by atoms with Gasteiger partial charge >= 0.3 is 0 Å².